The zero-order valence-corrected chi connectivity index (χ0v) is 16.5. The fourth-order valence-corrected chi connectivity index (χ4v) is 3.60. The monoisotopic (exact) mass is 372 g/mol. The van der Waals surface area contributed by atoms with Crippen LogP contribution >= 0.6 is 0 Å². The Kier molecular flexibility index (Phi) is 7.33. The van der Waals surface area contributed by atoms with Crippen molar-refractivity contribution >= 4 is 5.96 Å². The van der Waals surface area contributed by atoms with Crippen molar-refractivity contribution in [2.24, 2.45) is 12.0 Å². The molecular weight excluding hydrogens is 340 g/mol. The lowest BCUT2D eigenvalue weighted by atomic mass is 10.2. The molecule has 3 heterocycles. The lowest BCUT2D eigenvalue weighted by Crippen LogP contribution is -2.41. The molecule has 1 unspecified atom stereocenters. The van der Waals surface area contributed by atoms with Gasteiger partial charge in [-0.3, -0.25) is 14.6 Å². The van der Waals surface area contributed by atoms with Crippen molar-refractivity contribution in [1.82, 2.24) is 25.3 Å². The molecule has 0 radical (unpaired) electrons. The molecule has 1 saturated heterocycles. The van der Waals surface area contributed by atoms with Crippen LogP contribution < -0.4 is 10.6 Å². The van der Waals surface area contributed by atoms with Gasteiger partial charge in [0.05, 0.1) is 12.8 Å². The van der Waals surface area contributed by atoms with Crippen molar-refractivity contribution < 1.29 is 4.42 Å². The second-order valence-corrected chi connectivity index (χ2v) is 6.99. The van der Waals surface area contributed by atoms with Crippen LogP contribution in [-0.4, -0.2) is 59.4 Å². The standard InChI is InChI=1S/C20H32N6O/c1-3-26-14-4-6-18(26)16-23-20(22-12-10-19-7-5-15-27-19)21-11-8-17-9-13-24-25(17)2/h5,7,9,13,15,18H,3-4,6,8,10-12,14,16H2,1-2H3,(H2,21,22,23). The van der Waals surface area contributed by atoms with E-state index in [1.54, 1.807) is 6.26 Å². The van der Waals surface area contributed by atoms with Crippen molar-refractivity contribution in [3.8, 4) is 0 Å². The van der Waals surface area contributed by atoms with E-state index in [4.69, 9.17) is 9.41 Å². The fraction of sp³-hybridized carbons (Fsp3) is 0.600. The normalized spacial score (nSPS) is 18.1. The number of hydrogen-bond acceptors (Lipinski definition) is 4. The van der Waals surface area contributed by atoms with E-state index in [2.05, 4.69) is 33.6 Å². The minimum Gasteiger partial charge on any atom is -0.469 e. The summed E-state index contributed by atoms with van der Waals surface area (Å²) in [6.45, 7) is 7.01. The molecule has 1 aliphatic heterocycles. The van der Waals surface area contributed by atoms with Gasteiger partial charge < -0.3 is 15.1 Å². The molecule has 0 saturated carbocycles. The third kappa shape index (κ3) is 5.85. The van der Waals surface area contributed by atoms with Gasteiger partial charge in [0.2, 0.25) is 0 Å². The van der Waals surface area contributed by atoms with Gasteiger partial charge in [-0.15, -0.1) is 0 Å². The van der Waals surface area contributed by atoms with Gasteiger partial charge in [-0.25, -0.2) is 0 Å². The molecule has 7 nitrogen and oxygen atoms in total. The Morgan fingerprint density at radius 1 is 1.30 bits per heavy atom. The Hall–Kier alpha value is -2.28. The Balaban J connectivity index is 1.51. The lowest BCUT2D eigenvalue weighted by molar-refractivity contribution is 0.273. The minimum absolute atomic E-state index is 0.566. The summed E-state index contributed by atoms with van der Waals surface area (Å²) >= 11 is 0. The molecule has 3 rings (SSSR count). The van der Waals surface area contributed by atoms with Crippen LogP contribution in [0, 0.1) is 0 Å². The van der Waals surface area contributed by atoms with Gasteiger partial charge in [0.25, 0.3) is 0 Å². The van der Waals surface area contributed by atoms with Crippen LogP contribution in [0.4, 0.5) is 0 Å². The van der Waals surface area contributed by atoms with Gasteiger partial charge in [0.1, 0.15) is 5.76 Å². The third-order valence-electron chi connectivity index (χ3n) is 5.21. The van der Waals surface area contributed by atoms with Crippen molar-refractivity contribution in [2.75, 3.05) is 32.7 Å². The van der Waals surface area contributed by atoms with E-state index in [1.807, 2.05) is 30.1 Å². The number of rotatable bonds is 9. The van der Waals surface area contributed by atoms with Gasteiger partial charge in [-0.2, -0.15) is 5.10 Å². The van der Waals surface area contributed by atoms with Crippen LogP contribution in [0.2, 0.25) is 0 Å². The summed E-state index contributed by atoms with van der Waals surface area (Å²) < 4.78 is 7.33. The summed E-state index contributed by atoms with van der Waals surface area (Å²) in [7, 11) is 1.98. The number of nitrogens with zero attached hydrogens (tertiary/aromatic N) is 4. The Morgan fingerprint density at radius 3 is 2.85 bits per heavy atom. The first kappa shape index (κ1) is 19.5. The molecule has 0 amide bonds. The summed E-state index contributed by atoms with van der Waals surface area (Å²) in [5.41, 5.74) is 1.21. The van der Waals surface area contributed by atoms with E-state index >= 15 is 0 Å². The summed E-state index contributed by atoms with van der Waals surface area (Å²) in [5, 5.41) is 11.1. The smallest absolute Gasteiger partial charge is 0.191 e. The number of aryl methyl sites for hydroxylation is 1. The van der Waals surface area contributed by atoms with Crippen molar-refractivity contribution in [2.45, 2.75) is 38.6 Å². The highest BCUT2D eigenvalue weighted by Crippen LogP contribution is 2.16. The first-order valence-corrected chi connectivity index (χ1v) is 10.0. The number of likely N-dealkylation sites (N-methyl/N-ethyl adjacent to an activating group) is 1. The number of nitrogens with one attached hydrogen (secondary N) is 2. The molecule has 0 spiro atoms. The molecule has 0 aromatic carbocycles. The molecule has 2 N–H and O–H groups in total. The average Bonchev–Trinajstić information content (AvgIpc) is 3.42. The van der Waals surface area contributed by atoms with Gasteiger partial charge in [-0.05, 0) is 44.1 Å². The quantitative estimate of drug-likeness (QED) is 0.519. The Labute approximate surface area is 161 Å². The molecule has 1 aliphatic rings. The first-order chi connectivity index (χ1) is 13.3. The minimum atomic E-state index is 0.566. The summed E-state index contributed by atoms with van der Waals surface area (Å²) in [6.07, 6.45) is 7.84. The molecule has 7 heteroatoms. The van der Waals surface area contributed by atoms with Gasteiger partial charge >= 0.3 is 0 Å². The van der Waals surface area contributed by atoms with Crippen LogP contribution in [0.15, 0.2) is 40.1 Å². The topological polar surface area (TPSA) is 70.6 Å². The number of aromatic nitrogens is 2. The van der Waals surface area contributed by atoms with Crippen LogP contribution in [0.25, 0.3) is 0 Å². The Bertz CT molecular complexity index is 693. The molecule has 2 aromatic rings. The van der Waals surface area contributed by atoms with Crippen LogP contribution in [0.3, 0.4) is 0 Å². The fourth-order valence-electron chi connectivity index (χ4n) is 3.60. The second kappa shape index (κ2) is 10.2. The summed E-state index contributed by atoms with van der Waals surface area (Å²) in [6, 6.07) is 6.55. The van der Waals surface area contributed by atoms with Crippen LogP contribution in [-0.2, 0) is 19.9 Å². The van der Waals surface area contributed by atoms with E-state index in [0.717, 1.165) is 50.7 Å². The van der Waals surface area contributed by atoms with Gasteiger partial charge in [0.15, 0.2) is 5.96 Å². The SMILES string of the molecule is CCN1CCCC1CN=C(NCCc1ccco1)NCCc1ccnn1C. The van der Waals surface area contributed by atoms with Crippen LogP contribution in [0.1, 0.15) is 31.2 Å². The molecule has 1 atom stereocenters. The first-order valence-electron chi connectivity index (χ1n) is 10.0. The van der Waals surface area contributed by atoms with E-state index in [9.17, 15) is 0 Å². The average molecular weight is 373 g/mol. The maximum Gasteiger partial charge on any atom is 0.191 e. The van der Waals surface area contributed by atoms with E-state index in [1.165, 1.54) is 25.1 Å². The molecule has 1 fully saturated rings. The molecular formula is C20H32N6O. The highest BCUT2D eigenvalue weighted by Gasteiger charge is 2.22. The number of hydrogen-bond donors (Lipinski definition) is 2. The van der Waals surface area contributed by atoms with Gasteiger partial charge in [-0.1, -0.05) is 6.92 Å². The van der Waals surface area contributed by atoms with E-state index in [0.29, 0.717) is 6.04 Å². The number of likely N-dealkylation sites (tertiary alicyclic amines) is 1. The molecule has 0 bridgehead atoms. The number of aliphatic imine (C=N–C) groups is 1. The highest BCUT2D eigenvalue weighted by atomic mass is 16.3. The predicted molar refractivity (Wildman–Crippen MR) is 108 cm³/mol. The largest absolute Gasteiger partial charge is 0.469 e. The zero-order chi connectivity index (χ0) is 18.9. The number of guanidine groups is 1. The van der Waals surface area contributed by atoms with Crippen LogP contribution in [0.5, 0.6) is 0 Å². The third-order valence-corrected chi connectivity index (χ3v) is 5.21. The van der Waals surface area contributed by atoms with Gasteiger partial charge in [0, 0.05) is 50.9 Å². The Morgan fingerprint density at radius 2 is 2.15 bits per heavy atom. The highest BCUT2D eigenvalue weighted by molar-refractivity contribution is 5.79. The molecule has 148 valence electrons. The van der Waals surface area contributed by atoms with Crippen molar-refractivity contribution in [3.63, 3.8) is 0 Å². The zero-order valence-electron chi connectivity index (χ0n) is 16.5. The van der Waals surface area contributed by atoms with Crippen molar-refractivity contribution in [3.05, 3.63) is 42.1 Å². The number of furan rings is 1. The van der Waals surface area contributed by atoms with E-state index in [-0.39, 0.29) is 0 Å². The maximum absolute atomic E-state index is 5.41. The second-order valence-electron chi connectivity index (χ2n) is 6.99. The summed E-state index contributed by atoms with van der Waals surface area (Å²) in [4.78, 5) is 7.39. The molecule has 27 heavy (non-hydrogen) atoms. The lowest BCUT2D eigenvalue weighted by Gasteiger charge is -2.21. The predicted octanol–water partition coefficient (Wildman–Crippen LogP) is 1.82. The van der Waals surface area contributed by atoms with Crippen molar-refractivity contribution in [1.29, 1.82) is 0 Å². The van der Waals surface area contributed by atoms with E-state index < -0.39 is 0 Å². The maximum atomic E-state index is 5.41. The molecule has 2 aromatic heterocycles. The summed E-state index contributed by atoms with van der Waals surface area (Å²) in [5.74, 6) is 1.87. The molecule has 0 aliphatic carbocycles.